The van der Waals surface area contributed by atoms with Gasteiger partial charge in [-0.25, -0.2) is 0 Å². The van der Waals surface area contributed by atoms with Crippen molar-refractivity contribution in [2.75, 3.05) is 0 Å². The molecule has 1 fully saturated rings. The lowest BCUT2D eigenvalue weighted by atomic mass is 9.76. The summed E-state index contributed by atoms with van der Waals surface area (Å²) in [5.41, 5.74) is 3.30. The van der Waals surface area contributed by atoms with Crippen LogP contribution in [0.2, 0.25) is 0 Å². The number of benzene rings is 1. The third-order valence-corrected chi connectivity index (χ3v) is 5.16. The molecule has 0 radical (unpaired) electrons. The molecule has 0 spiro atoms. The van der Waals surface area contributed by atoms with Crippen molar-refractivity contribution in [2.45, 2.75) is 51.0 Å². The number of fused-ring (bicyclic) bond motifs is 5. The molecule has 4 heteroatoms. The maximum atomic E-state index is 6.13. The molecule has 0 aliphatic carbocycles. The first-order valence-corrected chi connectivity index (χ1v) is 7.31. The molecule has 1 N–H and O–H groups in total. The van der Waals surface area contributed by atoms with Crippen molar-refractivity contribution in [3.63, 3.8) is 0 Å². The number of hydrogen-bond donors (Lipinski definition) is 1. The minimum absolute atomic E-state index is 0.270. The molecule has 1 aromatic rings. The highest BCUT2D eigenvalue weighted by Crippen LogP contribution is 2.40. The molecule has 2 unspecified atom stereocenters. The first-order valence-electron chi connectivity index (χ1n) is 7.31. The number of rotatable bonds is 1. The minimum atomic E-state index is -0.284. The van der Waals surface area contributed by atoms with E-state index in [1.54, 1.807) is 0 Å². The quantitative estimate of drug-likeness (QED) is 0.626. The Morgan fingerprint density at radius 3 is 2.20 bits per heavy atom. The zero-order valence-electron chi connectivity index (χ0n) is 12.4. The Balaban J connectivity index is 1.68. The van der Waals surface area contributed by atoms with Crippen molar-refractivity contribution in [3.05, 3.63) is 41.5 Å². The van der Waals surface area contributed by atoms with Gasteiger partial charge in [-0.15, -0.1) is 0 Å². The monoisotopic (exact) mass is 269 g/mol. The molecule has 1 aromatic carbocycles. The Kier molecular flexibility index (Phi) is 2.37. The summed E-state index contributed by atoms with van der Waals surface area (Å²) < 4.78 is 12.3. The fourth-order valence-electron chi connectivity index (χ4n) is 3.19. The molecule has 104 valence electrons. The van der Waals surface area contributed by atoms with Gasteiger partial charge in [0.2, 0.25) is 0 Å². The molecule has 1 saturated heterocycles. The van der Waals surface area contributed by atoms with Crippen molar-refractivity contribution in [1.82, 2.24) is 5.32 Å². The van der Waals surface area contributed by atoms with Crippen LogP contribution in [0.1, 0.15) is 50.9 Å². The van der Waals surface area contributed by atoms with Crippen molar-refractivity contribution in [1.29, 1.82) is 0 Å². The van der Waals surface area contributed by atoms with Crippen molar-refractivity contribution < 1.29 is 9.31 Å². The van der Waals surface area contributed by atoms with E-state index in [1.807, 2.05) is 0 Å². The van der Waals surface area contributed by atoms with Crippen molar-refractivity contribution in [3.8, 4) is 0 Å². The molecule has 3 aliphatic heterocycles. The van der Waals surface area contributed by atoms with Crippen LogP contribution >= 0.6 is 0 Å². The van der Waals surface area contributed by atoms with E-state index in [1.165, 1.54) is 11.1 Å². The van der Waals surface area contributed by atoms with E-state index in [9.17, 15) is 0 Å². The summed E-state index contributed by atoms with van der Waals surface area (Å²) in [5, 5.41) is 3.55. The highest BCUT2D eigenvalue weighted by Gasteiger charge is 2.52. The minimum Gasteiger partial charge on any atom is -0.399 e. The summed E-state index contributed by atoms with van der Waals surface area (Å²) in [5.74, 6) is 0. The van der Waals surface area contributed by atoms with Crippen LogP contribution in [0.3, 0.4) is 0 Å². The Labute approximate surface area is 120 Å². The maximum Gasteiger partial charge on any atom is 0.494 e. The van der Waals surface area contributed by atoms with E-state index in [-0.39, 0.29) is 18.3 Å². The van der Waals surface area contributed by atoms with Gasteiger partial charge in [0, 0.05) is 0 Å². The molecule has 0 aromatic heterocycles. The van der Waals surface area contributed by atoms with E-state index in [0.717, 1.165) is 5.46 Å². The van der Waals surface area contributed by atoms with Crippen LogP contribution in [0.5, 0.6) is 0 Å². The molecule has 20 heavy (non-hydrogen) atoms. The third kappa shape index (κ3) is 1.59. The second-order valence-electron chi connectivity index (χ2n) is 6.98. The van der Waals surface area contributed by atoms with E-state index in [2.05, 4.69) is 63.4 Å². The summed E-state index contributed by atoms with van der Waals surface area (Å²) in [6, 6.07) is 7.33. The Bertz CT molecular complexity index is 592. The van der Waals surface area contributed by atoms with Gasteiger partial charge in [-0.3, -0.25) is 5.32 Å². The fraction of sp³-hybridized carbons (Fsp3) is 0.500. The zero-order chi connectivity index (χ0) is 14.1. The average Bonchev–Trinajstić information content (AvgIpc) is 3.02. The molecule has 2 atom stereocenters. The molecule has 3 aliphatic rings. The average molecular weight is 269 g/mol. The van der Waals surface area contributed by atoms with Gasteiger partial charge in [0.25, 0.3) is 0 Å². The largest absolute Gasteiger partial charge is 0.494 e. The van der Waals surface area contributed by atoms with Crippen LogP contribution in [0.15, 0.2) is 30.4 Å². The molecular formula is C16H20BNO2. The normalized spacial score (nSPS) is 31.9. The topological polar surface area (TPSA) is 30.5 Å². The van der Waals surface area contributed by atoms with Gasteiger partial charge in [0.15, 0.2) is 0 Å². The highest BCUT2D eigenvalue weighted by molar-refractivity contribution is 6.62. The molecule has 3 nitrogen and oxygen atoms in total. The third-order valence-electron chi connectivity index (χ3n) is 5.16. The number of nitrogens with one attached hydrogen (secondary N) is 1. The molecule has 4 rings (SSSR count). The smallest absolute Gasteiger partial charge is 0.399 e. The van der Waals surface area contributed by atoms with Crippen LogP contribution in [0.25, 0.3) is 0 Å². The Morgan fingerprint density at radius 2 is 1.55 bits per heavy atom. The SMILES string of the molecule is CC1(C)OB(c2ccc3c(c2)C2C=CC3N2)OC1(C)C. The summed E-state index contributed by atoms with van der Waals surface area (Å²) in [4.78, 5) is 0. The lowest BCUT2D eigenvalue weighted by Crippen LogP contribution is -2.41. The second kappa shape index (κ2) is 3.76. The molecular weight excluding hydrogens is 249 g/mol. The van der Waals surface area contributed by atoms with Gasteiger partial charge in [-0.2, -0.15) is 0 Å². The van der Waals surface area contributed by atoms with Crippen molar-refractivity contribution in [2.24, 2.45) is 0 Å². The standard InChI is InChI=1S/C16H20BNO2/c1-15(2)16(3,4)20-17(19-15)10-5-6-11-12(9-10)14-8-7-13(11)18-14/h5-9,13-14,18H,1-4H3. The summed E-state index contributed by atoms with van der Waals surface area (Å²) in [7, 11) is -0.270. The zero-order valence-corrected chi connectivity index (χ0v) is 12.4. The highest BCUT2D eigenvalue weighted by atomic mass is 16.7. The van der Waals surface area contributed by atoms with Crippen LogP contribution in [0.4, 0.5) is 0 Å². The van der Waals surface area contributed by atoms with Gasteiger partial charge in [-0.1, -0.05) is 30.4 Å². The predicted molar refractivity (Wildman–Crippen MR) is 79.9 cm³/mol. The first kappa shape index (κ1) is 12.6. The van der Waals surface area contributed by atoms with E-state index < -0.39 is 0 Å². The van der Waals surface area contributed by atoms with E-state index >= 15 is 0 Å². The van der Waals surface area contributed by atoms with E-state index in [0.29, 0.717) is 12.1 Å². The Hall–Kier alpha value is -1.10. The second-order valence-corrected chi connectivity index (χ2v) is 6.98. The van der Waals surface area contributed by atoms with Crippen LogP contribution in [-0.4, -0.2) is 18.3 Å². The van der Waals surface area contributed by atoms with E-state index in [4.69, 9.17) is 9.31 Å². The summed E-state index contributed by atoms with van der Waals surface area (Å²) in [6.07, 6.45) is 4.47. The molecule has 0 amide bonds. The van der Waals surface area contributed by atoms with Gasteiger partial charge < -0.3 is 9.31 Å². The molecule has 0 saturated carbocycles. The predicted octanol–water partition coefficient (Wildman–Crippen LogP) is 2.24. The summed E-state index contributed by atoms with van der Waals surface area (Å²) in [6.45, 7) is 8.36. The Morgan fingerprint density at radius 1 is 0.950 bits per heavy atom. The van der Waals surface area contributed by atoms with Gasteiger partial charge in [-0.05, 0) is 44.3 Å². The number of hydrogen-bond acceptors (Lipinski definition) is 3. The lowest BCUT2D eigenvalue weighted by molar-refractivity contribution is 0.00578. The lowest BCUT2D eigenvalue weighted by Gasteiger charge is -2.32. The van der Waals surface area contributed by atoms with Gasteiger partial charge in [0.1, 0.15) is 0 Å². The summed E-state index contributed by atoms with van der Waals surface area (Å²) >= 11 is 0. The van der Waals surface area contributed by atoms with Gasteiger partial charge in [0.05, 0.1) is 23.3 Å². The molecule has 3 heterocycles. The van der Waals surface area contributed by atoms with Crippen LogP contribution in [0, 0.1) is 0 Å². The van der Waals surface area contributed by atoms with Crippen molar-refractivity contribution >= 4 is 12.6 Å². The fourth-order valence-corrected chi connectivity index (χ4v) is 3.19. The first-order chi connectivity index (χ1) is 9.37. The maximum absolute atomic E-state index is 6.13. The van der Waals surface area contributed by atoms with Crippen LogP contribution < -0.4 is 10.8 Å². The van der Waals surface area contributed by atoms with Crippen LogP contribution in [-0.2, 0) is 9.31 Å². The van der Waals surface area contributed by atoms with Gasteiger partial charge >= 0.3 is 7.12 Å². The molecule has 2 bridgehead atoms.